The Morgan fingerprint density at radius 3 is 2.52 bits per heavy atom. The SMILES string of the molecule is O=[N+]([O-])c1ccc(NC2(CCO)CCCC2)c(S(=O)(=O)N2CCOCC2)c1. The second-order valence-electron chi connectivity index (χ2n) is 7.04. The van der Waals surface area contributed by atoms with Gasteiger partial charge in [-0.2, -0.15) is 4.31 Å². The summed E-state index contributed by atoms with van der Waals surface area (Å²) in [5, 5.41) is 24.0. The number of aliphatic hydroxyl groups excluding tert-OH is 1. The normalized spacial score (nSPS) is 20.5. The number of non-ortho nitro benzene ring substituents is 1. The van der Waals surface area contributed by atoms with E-state index in [4.69, 9.17) is 4.74 Å². The van der Waals surface area contributed by atoms with Crippen LogP contribution in [0.1, 0.15) is 32.1 Å². The van der Waals surface area contributed by atoms with E-state index in [-0.39, 0.29) is 35.8 Å². The van der Waals surface area contributed by atoms with Gasteiger partial charge in [0.1, 0.15) is 4.90 Å². The molecule has 27 heavy (non-hydrogen) atoms. The van der Waals surface area contributed by atoms with Gasteiger partial charge in [0.05, 0.1) is 23.8 Å². The Bertz CT molecular complexity index is 786. The van der Waals surface area contributed by atoms with Crippen molar-refractivity contribution in [2.45, 2.75) is 42.5 Å². The molecule has 0 atom stereocenters. The van der Waals surface area contributed by atoms with Crippen molar-refractivity contribution in [2.75, 3.05) is 38.2 Å². The van der Waals surface area contributed by atoms with E-state index >= 15 is 0 Å². The fourth-order valence-corrected chi connectivity index (χ4v) is 5.43. The molecule has 2 aliphatic rings. The van der Waals surface area contributed by atoms with Crippen LogP contribution in [0.5, 0.6) is 0 Å². The van der Waals surface area contributed by atoms with Crippen LogP contribution in [0.25, 0.3) is 0 Å². The lowest BCUT2D eigenvalue weighted by Gasteiger charge is -2.33. The number of nitro benzene ring substituents is 1. The average Bonchev–Trinajstić information content (AvgIpc) is 3.11. The number of rotatable bonds is 7. The molecule has 1 aliphatic carbocycles. The minimum Gasteiger partial charge on any atom is -0.396 e. The molecule has 1 saturated heterocycles. The van der Waals surface area contributed by atoms with Crippen LogP contribution in [0.3, 0.4) is 0 Å². The van der Waals surface area contributed by atoms with Gasteiger partial charge in [-0.15, -0.1) is 0 Å². The lowest BCUT2D eigenvalue weighted by Crippen LogP contribution is -2.41. The largest absolute Gasteiger partial charge is 0.396 e. The monoisotopic (exact) mass is 399 g/mol. The van der Waals surface area contributed by atoms with Crippen molar-refractivity contribution in [2.24, 2.45) is 0 Å². The highest BCUT2D eigenvalue weighted by molar-refractivity contribution is 7.89. The van der Waals surface area contributed by atoms with Crippen molar-refractivity contribution < 1.29 is 23.2 Å². The highest BCUT2D eigenvalue weighted by atomic mass is 32.2. The molecule has 3 rings (SSSR count). The molecule has 10 heteroatoms. The third-order valence-corrected chi connectivity index (χ3v) is 7.25. The number of hydrogen-bond donors (Lipinski definition) is 2. The number of benzene rings is 1. The first kappa shape index (κ1) is 20.0. The van der Waals surface area contributed by atoms with Crippen molar-refractivity contribution in [3.8, 4) is 0 Å². The number of aliphatic hydroxyl groups is 1. The number of nitro groups is 1. The van der Waals surface area contributed by atoms with E-state index in [9.17, 15) is 23.6 Å². The van der Waals surface area contributed by atoms with Crippen LogP contribution < -0.4 is 5.32 Å². The maximum Gasteiger partial charge on any atom is 0.270 e. The van der Waals surface area contributed by atoms with Gasteiger partial charge in [0.25, 0.3) is 5.69 Å². The van der Waals surface area contributed by atoms with Crippen molar-refractivity contribution in [1.82, 2.24) is 4.31 Å². The summed E-state index contributed by atoms with van der Waals surface area (Å²) in [7, 11) is -3.91. The van der Waals surface area contributed by atoms with E-state index in [0.717, 1.165) is 31.7 Å². The van der Waals surface area contributed by atoms with Crippen molar-refractivity contribution >= 4 is 21.4 Å². The molecule has 0 spiro atoms. The molecule has 0 aromatic heterocycles. The number of anilines is 1. The molecule has 0 unspecified atom stereocenters. The Hall–Kier alpha value is -1.75. The van der Waals surface area contributed by atoms with Crippen LogP contribution in [0.2, 0.25) is 0 Å². The van der Waals surface area contributed by atoms with Crippen molar-refractivity contribution in [3.05, 3.63) is 28.3 Å². The summed E-state index contributed by atoms with van der Waals surface area (Å²) < 4.78 is 32.9. The Morgan fingerprint density at radius 1 is 1.26 bits per heavy atom. The van der Waals surface area contributed by atoms with Crippen LogP contribution in [0, 0.1) is 10.1 Å². The van der Waals surface area contributed by atoms with Gasteiger partial charge in [0, 0.05) is 37.4 Å². The van der Waals surface area contributed by atoms with E-state index in [1.807, 2.05) is 0 Å². The molecule has 2 fully saturated rings. The third-order valence-electron chi connectivity index (χ3n) is 5.31. The van der Waals surface area contributed by atoms with Gasteiger partial charge in [-0.1, -0.05) is 12.8 Å². The molecule has 2 N–H and O–H groups in total. The number of sulfonamides is 1. The molecular weight excluding hydrogens is 374 g/mol. The highest BCUT2D eigenvalue weighted by Gasteiger charge is 2.36. The van der Waals surface area contributed by atoms with Gasteiger partial charge in [0.15, 0.2) is 0 Å². The van der Waals surface area contributed by atoms with Crippen LogP contribution in [0.4, 0.5) is 11.4 Å². The molecule has 9 nitrogen and oxygen atoms in total. The first-order valence-corrected chi connectivity index (χ1v) is 10.6. The van der Waals surface area contributed by atoms with E-state index in [1.165, 1.54) is 16.4 Å². The maximum atomic E-state index is 13.2. The van der Waals surface area contributed by atoms with Crippen LogP contribution in [0.15, 0.2) is 23.1 Å². The van der Waals surface area contributed by atoms with E-state index in [1.54, 1.807) is 0 Å². The molecule has 1 saturated carbocycles. The van der Waals surface area contributed by atoms with Crippen molar-refractivity contribution in [3.63, 3.8) is 0 Å². The van der Waals surface area contributed by atoms with Gasteiger partial charge < -0.3 is 15.2 Å². The van der Waals surface area contributed by atoms with Gasteiger partial charge in [-0.3, -0.25) is 10.1 Å². The number of hydrogen-bond acceptors (Lipinski definition) is 7. The zero-order valence-corrected chi connectivity index (χ0v) is 15.9. The Morgan fingerprint density at radius 2 is 1.93 bits per heavy atom. The van der Waals surface area contributed by atoms with Gasteiger partial charge >= 0.3 is 0 Å². The highest BCUT2D eigenvalue weighted by Crippen LogP contribution is 2.39. The smallest absolute Gasteiger partial charge is 0.270 e. The van der Waals surface area contributed by atoms with Crippen LogP contribution >= 0.6 is 0 Å². The Balaban J connectivity index is 2.02. The molecule has 1 aromatic carbocycles. The predicted octanol–water partition coefficient (Wildman–Crippen LogP) is 1.72. The average molecular weight is 399 g/mol. The second-order valence-corrected chi connectivity index (χ2v) is 8.95. The molecule has 0 amide bonds. The summed E-state index contributed by atoms with van der Waals surface area (Å²) in [5.74, 6) is 0. The molecule has 1 heterocycles. The molecule has 0 radical (unpaired) electrons. The van der Waals surface area contributed by atoms with Gasteiger partial charge in [-0.05, 0) is 25.3 Å². The quantitative estimate of drug-likeness (QED) is 0.529. The number of morpholine rings is 1. The molecule has 1 aromatic rings. The van der Waals surface area contributed by atoms with Crippen LogP contribution in [-0.2, 0) is 14.8 Å². The first-order chi connectivity index (χ1) is 12.9. The molecule has 1 aliphatic heterocycles. The minimum absolute atomic E-state index is 0.00840. The summed E-state index contributed by atoms with van der Waals surface area (Å²) >= 11 is 0. The Labute approximate surface area is 158 Å². The zero-order chi connectivity index (χ0) is 19.5. The fourth-order valence-electron chi connectivity index (χ4n) is 3.86. The van der Waals surface area contributed by atoms with Crippen molar-refractivity contribution in [1.29, 1.82) is 0 Å². The summed E-state index contributed by atoms with van der Waals surface area (Å²) in [6.45, 7) is 1.01. The number of ether oxygens (including phenoxy) is 1. The molecule has 0 bridgehead atoms. The fraction of sp³-hybridized carbons (Fsp3) is 0.647. The number of nitrogens with zero attached hydrogens (tertiary/aromatic N) is 2. The summed E-state index contributed by atoms with van der Waals surface area (Å²) in [4.78, 5) is 10.5. The summed E-state index contributed by atoms with van der Waals surface area (Å²) in [6, 6.07) is 3.89. The molecule has 150 valence electrons. The first-order valence-electron chi connectivity index (χ1n) is 9.13. The van der Waals surface area contributed by atoms with Crippen LogP contribution in [-0.4, -0.2) is 61.2 Å². The minimum atomic E-state index is -3.91. The third kappa shape index (κ3) is 4.23. The van der Waals surface area contributed by atoms with E-state index in [0.29, 0.717) is 25.3 Å². The second kappa shape index (κ2) is 8.09. The Kier molecular flexibility index (Phi) is 5.99. The number of nitrogens with one attached hydrogen (secondary N) is 1. The van der Waals surface area contributed by atoms with Gasteiger partial charge in [-0.25, -0.2) is 8.42 Å². The molecular formula is C17H25N3O6S. The predicted molar refractivity (Wildman–Crippen MR) is 99.2 cm³/mol. The standard InChI is InChI=1S/C17H25N3O6S/c21-10-7-17(5-1-2-6-17)18-15-4-3-14(20(22)23)13-16(15)27(24,25)19-8-11-26-12-9-19/h3-4,13,18,21H,1-2,5-12H2. The maximum absolute atomic E-state index is 13.2. The lowest BCUT2D eigenvalue weighted by molar-refractivity contribution is -0.385. The zero-order valence-electron chi connectivity index (χ0n) is 15.1. The van der Waals surface area contributed by atoms with E-state index < -0.39 is 14.9 Å². The lowest BCUT2D eigenvalue weighted by atomic mass is 9.93. The van der Waals surface area contributed by atoms with Gasteiger partial charge in [0.2, 0.25) is 10.0 Å². The van der Waals surface area contributed by atoms with E-state index in [2.05, 4.69) is 5.32 Å². The summed E-state index contributed by atoms with van der Waals surface area (Å²) in [6.07, 6.45) is 4.13. The topological polar surface area (TPSA) is 122 Å². The summed E-state index contributed by atoms with van der Waals surface area (Å²) in [5.41, 5.74) is -0.308.